The topological polar surface area (TPSA) is 50.2 Å². The van der Waals surface area contributed by atoms with Crippen LogP contribution in [0.15, 0.2) is 12.4 Å². The molecule has 5 nitrogen and oxygen atoms in total. The van der Waals surface area contributed by atoms with E-state index in [1.165, 1.54) is 38.5 Å². The monoisotopic (exact) mass is 330 g/mol. The molecule has 1 aromatic heterocycles. The molecule has 132 valence electrons. The lowest BCUT2D eigenvalue weighted by molar-refractivity contribution is -0.127. The number of likely N-dealkylation sites (tertiary alicyclic amines) is 1. The molecule has 1 saturated heterocycles. The Kier molecular flexibility index (Phi) is 4.37. The van der Waals surface area contributed by atoms with Gasteiger partial charge in [0, 0.05) is 50.8 Å². The van der Waals surface area contributed by atoms with Gasteiger partial charge >= 0.3 is 0 Å². The van der Waals surface area contributed by atoms with Gasteiger partial charge in [0.05, 0.1) is 12.2 Å². The normalized spacial score (nSPS) is 34.1. The molecule has 1 N–H and O–H groups in total. The highest BCUT2D eigenvalue weighted by Crippen LogP contribution is 2.44. The van der Waals surface area contributed by atoms with Crippen molar-refractivity contribution in [1.29, 1.82) is 0 Å². The van der Waals surface area contributed by atoms with Crippen LogP contribution < -0.4 is 5.32 Å². The van der Waals surface area contributed by atoms with Gasteiger partial charge in [0.25, 0.3) is 0 Å². The minimum absolute atomic E-state index is 0.168. The van der Waals surface area contributed by atoms with E-state index in [-0.39, 0.29) is 11.9 Å². The summed E-state index contributed by atoms with van der Waals surface area (Å²) in [7, 11) is 3.87. The molecule has 0 aromatic carbocycles. The Balaban J connectivity index is 1.38. The Morgan fingerprint density at radius 2 is 2.04 bits per heavy atom. The number of hydrogen-bond donors (Lipinski definition) is 1. The first-order valence-corrected chi connectivity index (χ1v) is 9.59. The van der Waals surface area contributed by atoms with Crippen molar-refractivity contribution in [2.45, 2.75) is 57.0 Å². The number of nitrogens with zero attached hydrogens (tertiary/aromatic N) is 3. The number of hydrogen-bond acceptors (Lipinski definition) is 3. The molecule has 0 bridgehead atoms. The van der Waals surface area contributed by atoms with E-state index in [9.17, 15) is 4.79 Å². The summed E-state index contributed by atoms with van der Waals surface area (Å²) in [4.78, 5) is 14.2. The van der Waals surface area contributed by atoms with Crippen molar-refractivity contribution in [2.75, 3.05) is 13.6 Å². The Morgan fingerprint density at radius 1 is 1.21 bits per heavy atom. The van der Waals surface area contributed by atoms with Gasteiger partial charge in [0.1, 0.15) is 0 Å². The smallest absolute Gasteiger partial charge is 0.223 e. The quantitative estimate of drug-likeness (QED) is 0.902. The van der Waals surface area contributed by atoms with Gasteiger partial charge in [0.2, 0.25) is 5.91 Å². The van der Waals surface area contributed by atoms with E-state index in [0.717, 1.165) is 23.9 Å². The Hall–Kier alpha value is -1.36. The van der Waals surface area contributed by atoms with Crippen LogP contribution in [0.2, 0.25) is 0 Å². The van der Waals surface area contributed by atoms with Gasteiger partial charge in [-0.25, -0.2) is 0 Å². The van der Waals surface area contributed by atoms with Crippen LogP contribution in [0.3, 0.4) is 0 Å². The molecule has 2 aliphatic carbocycles. The van der Waals surface area contributed by atoms with Crippen molar-refractivity contribution < 1.29 is 4.79 Å². The minimum Gasteiger partial charge on any atom is -0.338 e. The molecule has 5 heteroatoms. The van der Waals surface area contributed by atoms with Gasteiger partial charge < -0.3 is 10.2 Å². The van der Waals surface area contributed by atoms with Crippen LogP contribution in [0.1, 0.15) is 56.6 Å². The second-order valence-corrected chi connectivity index (χ2v) is 8.23. The van der Waals surface area contributed by atoms with Crippen molar-refractivity contribution in [3.63, 3.8) is 0 Å². The number of carbonyl (C=O) groups excluding carboxylic acids is 1. The third-order valence-corrected chi connectivity index (χ3v) is 6.43. The number of rotatable bonds is 5. The second-order valence-electron chi connectivity index (χ2n) is 8.23. The summed E-state index contributed by atoms with van der Waals surface area (Å²) in [6.07, 6.45) is 13.0. The zero-order chi connectivity index (χ0) is 16.7. The predicted molar refractivity (Wildman–Crippen MR) is 93.3 cm³/mol. The molecular formula is C19H30N4O. The number of aryl methyl sites for hydroxylation is 1. The molecule has 24 heavy (non-hydrogen) atoms. The van der Waals surface area contributed by atoms with Crippen molar-refractivity contribution in [2.24, 2.45) is 24.8 Å². The summed E-state index contributed by atoms with van der Waals surface area (Å²) in [5, 5.41) is 8.12. The molecule has 1 aliphatic heterocycles. The fourth-order valence-corrected chi connectivity index (χ4v) is 4.95. The number of amides is 1. The van der Waals surface area contributed by atoms with Gasteiger partial charge in [-0.15, -0.1) is 0 Å². The maximum absolute atomic E-state index is 12.2. The molecule has 2 saturated carbocycles. The van der Waals surface area contributed by atoms with Crippen LogP contribution >= 0.6 is 0 Å². The fraction of sp³-hybridized carbons (Fsp3) is 0.789. The molecule has 3 fully saturated rings. The molecule has 2 unspecified atom stereocenters. The number of nitrogens with one attached hydrogen (secondary N) is 1. The lowest BCUT2D eigenvalue weighted by Crippen LogP contribution is -2.38. The van der Waals surface area contributed by atoms with E-state index in [0.29, 0.717) is 18.4 Å². The van der Waals surface area contributed by atoms with E-state index in [4.69, 9.17) is 0 Å². The van der Waals surface area contributed by atoms with Crippen molar-refractivity contribution in [3.8, 4) is 0 Å². The van der Waals surface area contributed by atoms with Gasteiger partial charge in [-0.1, -0.05) is 12.8 Å². The maximum atomic E-state index is 12.2. The minimum atomic E-state index is 0.168. The van der Waals surface area contributed by atoms with Crippen LogP contribution in [-0.4, -0.2) is 40.2 Å². The summed E-state index contributed by atoms with van der Waals surface area (Å²) in [6.45, 7) is 0.942. The molecule has 2 heterocycles. The molecule has 3 aliphatic rings. The van der Waals surface area contributed by atoms with Gasteiger partial charge in [-0.3, -0.25) is 9.48 Å². The predicted octanol–water partition coefficient (Wildman–Crippen LogP) is 2.50. The Morgan fingerprint density at radius 3 is 2.75 bits per heavy atom. The van der Waals surface area contributed by atoms with E-state index in [2.05, 4.69) is 16.6 Å². The molecule has 1 aromatic rings. The summed E-state index contributed by atoms with van der Waals surface area (Å²) >= 11 is 0. The Labute approximate surface area is 144 Å². The van der Waals surface area contributed by atoms with Crippen molar-refractivity contribution in [1.82, 2.24) is 20.0 Å². The average Bonchev–Trinajstić information content (AvgIpc) is 3.29. The van der Waals surface area contributed by atoms with Crippen LogP contribution in [0.5, 0.6) is 0 Å². The van der Waals surface area contributed by atoms with E-state index in [1.807, 2.05) is 29.9 Å². The second kappa shape index (κ2) is 6.51. The summed E-state index contributed by atoms with van der Waals surface area (Å²) < 4.78 is 1.83. The standard InChI is InChI=1S/C19H30N4O/c1-22-12-16(11-21-22)19-15(9-18(24)23(19)2)10-20-17-5-3-4-14(8-17)13-6-7-13/h11-15,17,19-20H,3-10H2,1-2H3/t14?,15-,17?,19+/m0/s1. The van der Waals surface area contributed by atoms with Crippen molar-refractivity contribution in [3.05, 3.63) is 18.0 Å². The lowest BCUT2D eigenvalue weighted by Gasteiger charge is -2.32. The average molecular weight is 330 g/mol. The molecule has 0 spiro atoms. The lowest BCUT2D eigenvalue weighted by atomic mass is 9.82. The first-order valence-electron chi connectivity index (χ1n) is 9.59. The SMILES string of the molecule is CN1C(=O)C[C@@H](CNC2CCCC(C3CC3)C2)[C@@H]1c1cnn(C)c1. The Bertz CT molecular complexity index is 594. The van der Waals surface area contributed by atoms with E-state index >= 15 is 0 Å². The largest absolute Gasteiger partial charge is 0.338 e. The van der Waals surface area contributed by atoms with E-state index in [1.54, 1.807) is 0 Å². The molecule has 4 rings (SSSR count). The van der Waals surface area contributed by atoms with Crippen LogP contribution in [-0.2, 0) is 11.8 Å². The highest BCUT2D eigenvalue weighted by atomic mass is 16.2. The zero-order valence-electron chi connectivity index (χ0n) is 14.9. The summed E-state index contributed by atoms with van der Waals surface area (Å²) in [5.74, 6) is 2.60. The van der Waals surface area contributed by atoms with Gasteiger partial charge in [-0.2, -0.15) is 5.10 Å². The summed E-state index contributed by atoms with van der Waals surface area (Å²) in [5.41, 5.74) is 1.16. The fourth-order valence-electron chi connectivity index (χ4n) is 4.95. The summed E-state index contributed by atoms with van der Waals surface area (Å²) in [6, 6.07) is 0.821. The maximum Gasteiger partial charge on any atom is 0.223 e. The van der Waals surface area contributed by atoms with Gasteiger partial charge in [-0.05, 0) is 37.5 Å². The molecule has 0 radical (unpaired) electrons. The highest BCUT2D eigenvalue weighted by Gasteiger charge is 2.40. The molecular weight excluding hydrogens is 300 g/mol. The number of carbonyl (C=O) groups is 1. The third kappa shape index (κ3) is 3.23. The zero-order valence-corrected chi connectivity index (χ0v) is 14.9. The van der Waals surface area contributed by atoms with Crippen molar-refractivity contribution >= 4 is 5.91 Å². The first-order chi connectivity index (χ1) is 11.6. The van der Waals surface area contributed by atoms with Crippen LogP contribution in [0.25, 0.3) is 0 Å². The van der Waals surface area contributed by atoms with Gasteiger partial charge in [0.15, 0.2) is 0 Å². The van der Waals surface area contributed by atoms with E-state index < -0.39 is 0 Å². The first kappa shape index (κ1) is 16.1. The molecule has 4 atom stereocenters. The molecule has 1 amide bonds. The number of aromatic nitrogens is 2. The van der Waals surface area contributed by atoms with Crippen LogP contribution in [0.4, 0.5) is 0 Å². The van der Waals surface area contributed by atoms with Crippen LogP contribution in [0, 0.1) is 17.8 Å². The highest BCUT2D eigenvalue weighted by molar-refractivity contribution is 5.79. The third-order valence-electron chi connectivity index (χ3n) is 6.43.